The van der Waals surface area contributed by atoms with E-state index in [2.05, 4.69) is 0 Å². The van der Waals surface area contributed by atoms with Gasteiger partial charge in [-0.15, -0.1) is 11.6 Å². The summed E-state index contributed by atoms with van der Waals surface area (Å²) in [7, 11) is 0. The number of esters is 1. The molecule has 0 aliphatic rings. The molecule has 1 N–H and O–H groups in total. The smallest absolute Gasteiger partial charge is 0.349 e. The van der Waals surface area contributed by atoms with Crippen LogP contribution in [0.4, 0.5) is 0 Å². The standard InChI is InChI=1S/C17H22ClNO5/c1-4-17(5-2,16(22)24-19-12(3)20)15(21)23-11-14-8-6-13(10-18)7-9-14/h6-9H,4-5,10-11H2,1-3H3,(H,19,20). The summed E-state index contributed by atoms with van der Waals surface area (Å²) >= 11 is 5.72. The third-order valence-corrected chi connectivity index (χ3v) is 4.13. The van der Waals surface area contributed by atoms with Crippen molar-refractivity contribution in [2.75, 3.05) is 0 Å². The van der Waals surface area contributed by atoms with Crippen LogP contribution in [0.2, 0.25) is 0 Å². The summed E-state index contributed by atoms with van der Waals surface area (Å²) in [5.41, 5.74) is 2.25. The van der Waals surface area contributed by atoms with Gasteiger partial charge in [-0.1, -0.05) is 38.1 Å². The normalized spacial score (nSPS) is 10.8. The first-order valence-corrected chi connectivity index (χ1v) is 8.21. The molecule has 0 saturated heterocycles. The van der Waals surface area contributed by atoms with Crippen molar-refractivity contribution in [3.05, 3.63) is 35.4 Å². The van der Waals surface area contributed by atoms with Crippen molar-refractivity contribution in [1.29, 1.82) is 0 Å². The Labute approximate surface area is 146 Å². The van der Waals surface area contributed by atoms with Crippen molar-refractivity contribution in [3.63, 3.8) is 0 Å². The summed E-state index contributed by atoms with van der Waals surface area (Å²) in [6, 6.07) is 7.29. The topological polar surface area (TPSA) is 81.7 Å². The molecule has 0 unspecified atom stereocenters. The van der Waals surface area contributed by atoms with Crippen LogP contribution in [0.1, 0.15) is 44.7 Å². The second-order valence-electron chi connectivity index (χ2n) is 5.36. The first kappa shape index (κ1) is 20.0. The van der Waals surface area contributed by atoms with Crippen molar-refractivity contribution >= 4 is 29.4 Å². The lowest BCUT2D eigenvalue weighted by Gasteiger charge is -2.26. The Kier molecular flexibility index (Phi) is 7.71. The van der Waals surface area contributed by atoms with E-state index >= 15 is 0 Å². The largest absolute Gasteiger partial charge is 0.460 e. The highest BCUT2D eigenvalue weighted by Crippen LogP contribution is 2.30. The summed E-state index contributed by atoms with van der Waals surface area (Å²) in [6.07, 6.45) is 0.401. The molecule has 0 heterocycles. The molecule has 0 aliphatic heterocycles. The maximum Gasteiger partial charge on any atom is 0.349 e. The molecule has 0 fully saturated rings. The van der Waals surface area contributed by atoms with Gasteiger partial charge in [-0.3, -0.25) is 9.59 Å². The number of nitrogens with one attached hydrogen (secondary N) is 1. The molecule has 132 valence electrons. The van der Waals surface area contributed by atoms with E-state index < -0.39 is 23.3 Å². The Morgan fingerprint density at radius 2 is 1.58 bits per heavy atom. The monoisotopic (exact) mass is 355 g/mol. The van der Waals surface area contributed by atoms with Gasteiger partial charge < -0.3 is 9.57 Å². The molecule has 0 aliphatic carbocycles. The van der Waals surface area contributed by atoms with Gasteiger partial charge in [0, 0.05) is 12.8 Å². The number of alkyl halides is 1. The third kappa shape index (κ3) is 4.96. The number of benzene rings is 1. The number of carbonyl (C=O) groups excluding carboxylic acids is 3. The Morgan fingerprint density at radius 3 is 2.04 bits per heavy atom. The van der Waals surface area contributed by atoms with E-state index in [1.165, 1.54) is 6.92 Å². The molecule has 0 radical (unpaired) electrons. The number of ether oxygens (including phenoxy) is 1. The van der Waals surface area contributed by atoms with Gasteiger partial charge in [0.1, 0.15) is 6.61 Å². The minimum Gasteiger partial charge on any atom is -0.460 e. The van der Waals surface area contributed by atoms with E-state index in [1.54, 1.807) is 26.0 Å². The van der Waals surface area contributed by atoms with Gasteiger partial charge in [0.05, 0.1) is 0 Å². The number of rotatable bonds is 7. The lowest BCUT2D eigenvalue weighted by molar-refractivity contribution is -0.180. The van der Waals surface area contributed by atoms with Crippen LogP contribution in [-0.2, 0) is 36.4 Å². The Bertz CT molecular complexity index is 581. The highest BCUT2D eigenvalue weighted by molar-refractivity contribution is 6.17. The van der Waals surface area contributed by atoms with Crippen molar-refractivity contribution < 1.29 is 24.0 Å². The third-order valence-electron chi connectivity index (χ3n) is 3.82. The van der Waals surface area contributed by atoms with Gasteiger partial charge in [-0.05, 0) is 24.0 Å². The number of carbonyl (C=O) groups is 3. The molecule has 1 rings (SSSR count). The van der Waals surface area contributed by atoms with Crippen LogP contribution in [0, 0.1) is 5.41 Å². The van der Waals surface area contributed by atoms with Crippen LogP contribution < -0.4 is 5.48 Å². The molecule has 6 nitrogen and oxygen atoms in total. The van der Waals surface area contributed by atoms with Crippen LogP contribution in [0.15, 0.2) is 24.3 Å². The number of hydrogen-bond acceptors (Lipinski definition) is 5. The van der Waals surface area contributed by atoms with Crippen LogP contribution in [0.3, 0.4) is 0 Å². The van der Waals surface area contributed by atoms with Crippen molar-refractivity contribution in [1.82, 2.24) is 5.48 Å². The van der Waals surface area contributed by atoms with E-state index in [-0.39, 0.29) is 19.4 Å². The van der Waals surface area contributed by atoms with Crippen molar-refractivity contribution in [3.8, 4) is 0 Å². The highest BCUT2D eigenvalue weighted by Gasteiger charge is 2.46. The van der Waals surface area contributed by atoms with Gasteiger partial charge in [0.15, 0.2) is 5.41 Å². The predicted molar refractivity (Wildman–Crippen MR) is 88.7 cm³/mol. The van der Waals surface area contributed by atoms with Crippen LogP contribution in [0.25, 0.3) is 0 Å². The first-order chi connectivity index (χ1) is 11.4. The molecule has 0 aromatic heterocycles. The maximum absolute atomic E-state index is 12.5. The zero-order chi connectivity index (χ0) is 18.2. The SMILES string of the molecule is CCC(CC)(C(=O)OCc1ccc(CCl)cc1)C(=O)ONC(C)=O. The number of amides is 1. The zero-order valence-electron chi connectivity index (χ0n) is 14.1. The van der Waals surface area contributed by atoms with Crippen molar-refractivity contribution in [2.45, 2.75) is 46.1 Å². The average Bonchev–Trinajstić information content (AvgIpc) is 2.60. The summed E-state index contributed by atoms with van der Waals surface area (Å²) in [5.74, 6) is -1.63. The lowest BCUT2D eigenvalue weighted by Crippen LogP contribution is -2.43. The van der Waals surface area contributed by atoms with E-state index in [0.29, 0.717) is 5.88 Å². The Balaban J connectivity index is 2.77. The predicted octanol–water partition coefficient (Wildman–Crippen LogP) is 2.87. The summed E-state index contributed by atoms with van der Waals surface area (Å²) < 4.78 is 5.29. The maximum atomic E-state index is 12.5. The second-order valence-corrected chi connectivity index (χ2v) is 5.63. The molecule has 0 bridgehead atoms. The van der Waals surface area contributed by atoms with Gasteiger partial charge in [0.2, 0.25) is 5.91 Å². The van der Waals surface area contributed by atoms with Gasteiger partial charge >= 0.3 is 11.9 Å². The van der Waals surface area contributed by atoms with Gasteiger partial charge in [-0.2, -0.15) is 5.48 Å². The van der Waals surface area contributed by atoms with Gasteiger partial charge in [0.25, 0.3) is 0 Å². The fourth-order valence-corrected chi connectivity index (χ4v) is 2.32. The summed E-state index contributed by atoms with van der Waals surface area (Å²) in [4.78, 5) is 40.2. The van der Waals surface area contributed by atoms with Crippen LogP contribution in [-0.4, -0.2) is 17.8 Å². The lowest BCUT2D eigenvalue weighted by atomic mass is 9.82. The molecule has 0 saturated carbocycles. The molecule has 0 spiro atoms. The fourth-order valence-electron chi connectivity index (χ4n) is 2.14. The molecule has 1 amide bonds. The van der Waals surface area contributed by atoms with E-state index in [0.717, 1.165) is 11.1 Å². The van der Waals surface area contributed by atoms with Crippen LogP contribution >= 0.6 is 11.6 Å². The summed E-state index contributed by atoms with van der Waals surface area (Å²) in [6.45, 7) is 4.62. The second kappa shape index (κ2) is 9.27. The minimum atomic E-state index is -1.45. The highest BCUT2D eigenvalue weighted by atomic mass is 35.5. The molecular weight excluding hydrogens is 334 g/mol. The average molecular weight is 356 g/mol. The van der Waals surface area contributed by atoms with E-state index in [1.807, 2.05) is 17.6 Å². The molecule has 1 aromatic rings. The zero-order valence-corrected chi connectivity index (χ0v) is 14.8. The molecule has 7 heteroatoms. The van der Waals surface area contributed by atoms with E-state index in [9.17, 15) is 14.4 Å². The van der Waals surface area contributed by atoms with Crippen molar-refractivity contribution in [2.24, 2.45) is 5.41 Å². The number of hydrogen-bond donors (Lipinski definition) is 1. The fraction of sp³-hybridized carbons (Fsp3) is 0.471. The molecule has 1 aromatic carbocycles. The quantitative estimate of drug-likeness (QED) is 0.352. The molecular formula is C17H22ClNO5. The molecule has 0 atom stereocenters. The molecule has 24 heavy (non-hydrogen) atoms. The first-order valence-electron chi connectivity index (χ1n) is 7.68. The number of hydroxylamine groups is 1. The summed E-state index contributed by atoms with van der Waals surface area (Å²) in [5, 5.41) is 0. The Morgan fingerprint density at radius 1 is 1.04 bits per heavy atom. The Hall–Kier alpha value is -2.08. The van der Waals surface area contributed by atoms with E-state index in [4.69, 9.17) is 21.2 Å². The number of halogens is 1. The minimum absolute atomic E-state index is 0.0383. The van der Waals surface area contributed by atoms with Gasteiger partial charge in [-0.25, -0.2) is 4.79 Å². The van der Waals surface area contributed by atoms with Crippen LogP contribution in [0.5, 0.6) is 0 Å².